The Balaban J connectivity index is 2.53. The van der Waals surface area contributed by atoms with Gasteiger partial charge < -0.3 is 0 Å². The van der Waals surface area contributed by atoms with Crippen molar-refractivity contribution < 1.29 is 37.2 Å². The summed E-state index contributed by atoms with van der Waals surface area (Å²) in [7, 11) is 1.49. The van der Waals surface area contributed by atoms with Gasteiger partial charge in [0.2, 0.25) is 0 Å². The Morgan fingerprint density at radius 1 is 0.909 bits per heavy atom. The average molecular weight is 339 g/mol. The molecule has 10 heteroatoms. The van der Waals surface area contributed by atoms with Crippen LogP contribution < -0.4 is 0 Å². The quantitative estimate of drug-likeness (QED) is 0.504. The van der Waals surface area contributed by atoms with Crippen molar-refractivity contribution in [1.82, 2.24) is 4.90 Å². The van der Waals surface area contributed by atoms with Crippen molar-refractivity contribution >= 4 is 19.4 Å². The number of ether oxygens (including phenoxy) is 2. The number of nitrogens with zero attached hydrogens (tertiary/aromatic N) is 1. The normalized spacial score (nSPS) is 27.0. The van der Waals surface area contributed by atoms with Gasteiger partial charge in [-0.3, -0.25) is 0 Å². The van der Waals surface area contributed by atoms with Gasteiger partial charge in [0.1, 0.15) is 0 Å². The molecule has 0 aromatic heterocycles. The monoisotopic (exact) mass is 339 g/mol. The van der Waals surface area contributed by atoms with Crippen LogP contribution in [-0.4, -0.2) is 83.3 Å². The minimum atomic E-state index is -4.25. The molecule has 0 N–H and O–H groups in total. The van der Waals surface area contributed by atoms with Gasteiger partial charge in [0.15, 0.2) is 0 Å². The molecule has 22 heavy (non-hydrogen) atoms. The summed E-state index contributed by atoms with van der Waals surface area (Å²) in [4.78, 5) is 26.2. The van der Waals surface area contributed by atoms with Crippen molar-refractivity contribution in [3.63, 3.8) is 0 Å². The summed E-state index contributed by atoms with van der Waals surface area (Å²) in [6.07, 6.45) is 0. The first-order chi connectivity index (χ1) is 10.4. The minimum absolute atomic E-state index is 0.215. The number of methoxy groups -OCH3 is 2. The first kappa shape index (κ1) is 17.5. The van der Waals surface area contributed by atoms with E-state index in [4.69, 9.17) is 27.6 Å². The van der Waals surface area contributed by atoms with Gasteiger partial charge in [0, 0.05) is 0 Å². The van der Waals surface area contributed by atoms with Gasteiger partial charge in [-0.05, 0) is 0 Å². The summed E-state index contributed by atoms with van der Waals surface area (Å²) in [5.74, 6) is -1.33. The van der Waals surface area contributed by atoms with Crippen molar-refractivity contribution in [3.05, 3.63) is 0 Å². The molecule has 128 valence electrons. The van der Waals surface area contributed by atoms with E-state index in [2.05, 4.69) is 0 Å². The number of hydrogen-bond acceptors (Lipinski definition) is 9. The van der Waals surface area contributed by atoms with Gasteiger partial charge in [-0.15, -0.1) is 0 Å². The Morgan fingerprint density at radius 2 is 1.32 bits per heavy atom. The van der Waals surface area contributed by atoms with Crippen molar-refractivity contribution in [2.24, 2.45) is 0 Å². The van der Waals surface area contributed by atoms with E-state index in [0.29, 0.717) is 0 Å². The molecule has 0 radical (unpaired) electrons. The van der Waals surface area contributed by atoms with Crippen LogP contribution in [0.4, 0.5) is 0 Å². The molecule has 2 fully saturated rings. The van der Waals surface area contributed by atoms with Crippen LogP contribution in [-0.2, 0) is 37.2 Å². The fourth-order valence-electron chi connectivity index (χ4n) is 2.75. The fourth-order valence-corrected chi connectivity index (χ4v) is 6.75. The van der Waals surface area contributed by atoms with E-state index in [1.807, 2.05) is 0 Å². The average Bonchev–Trinajstić information content (AvgIpc) is 3.13. The molecule has 0 amide bonds. The molecular formula is C12H22NO8P. The van der Waals surface area contributed by atoms with Gasteiger partial charge in [0.25, 0.3) is 0 Å². The fraction of sp³-hybridized carbons (Fsp3) is 0.833. The van der Waals surface area contributed by atoms with Gasteiger partial charge >= 0.3 is 128 Å². The molecule has 2 unspecified atom stereocenters. The second-order valence-corrected chi connectivity index (χ2v) is 8.43. The summed E-state index contributed by atoms with van der Waals surface area (Å²) < 4.78 is 32.6. The summed E-state index contributed by atoms with van der Waals surface area (Å²) in [6, 6.07) is -1.02. The van der Waals surface area contributed by atoms with E-state index in [9.17, 15) is 9.59 Å². The number of carbonyl (C=O) groups is 2. The van der Waals surface area contributed by atoms with Crippen molar-refractivity contribution in [3.8, 4) is 0 Å². The van der Waals surface area contributed by atoms with Crippen LogP contribution in [0.15, 0.2) is 0 Å². The molecule has 0 aromatic rings. The Kier molecular flexibility index (Phi) is 5.06. The number of carbonyl (C=O) groups excluding carboxylic acids is 2. The van der Waals surface area contributed by atoms with Crippen LogP contribution in [0.1, 0.15) is 0 Å². The maximum atomic E-state index is 12.5. The number of hydrogen-bond donors (Lipinski definition) is 0. The van der Waals surface area contributed by atoms with Crippen LogP contribution >= 0.6 is 7.51 Å². The molecule has 0 aliphatic carbocycles. The first-order valence-corrected chi connectivity index (χ1v) is 8.82. The van der Waals surface area contributed by atoms with Gasteiger partial charge in [-0.1, -0.05) is 0 Å². The molecule has 2 atom stereocenters. The van der Waals surface area contributed by atoms with Crippen LogP contribution in [0, 0.1) is 0 Å². The van der Waals surface area contributed by atoms with E-state index in [1.54, 1.807) is 14.1 Å². The second-order valence-electron chi connectivity index (χ2n) is 5.10. The number of esters is 2. The van der Waals surface area contributed by atoms with Crippen molar-refractivity contribution in [2.45, 2.75) is 11.7 Å². The molecule has 0 bridgehead atoms. The van der Waals surface area contributed by atoms with Gasteiger partial charge in [0.05, 0.1) is 0 Å². The predicted molar refractivity (Wildman–Crippen MR) is 76.0 cm³/mol. The zero-order valence-corrected chi connectivity index (χ0v) is 14.0. The third-order valence-corrected chi connectivity index (χ3v) is 7.65. The predicted octanol–water partition coefficient (Wildman–Crippen LogP) is -0.0619. The maximum absolute atomic E-state index is 12.5. The Morgan fingerprint density at radius 3 is 1.64 bits per heavy atom. The number of likely N-dealkylation sites (N-methyl/N-ethyl adjacent to an activating group) is 1. The molecule has 2 saturated heterocycles. The zero-order chi connectivity index (χ0) is 16.4. The third-order valence-electron chi connectivity index (χ3n) is 3.66. The van der Waals surface area contributed by atoms with Gasteiger partial charge in [-0.25, -0.2) is 0 Å². The molecule has 0 saturated carbocycles. The van der Waals surface area contributed by atoms with E-state index >= 15 is 0 Å². The van der Waals surface area contributed by atoms with Crippen LogP contribution in [0.3, 0.4) is 0 Å². The molecular weight excluding hydrogens is 317 g/mol. The van der Waals surface area contributed by atoms with E-state index < -0.39 is 31.2 Å². The summed E-state index contributed by atoms with van der Waals surface area (Å²) in [5.41, 5.74) is -1.21. The van der Waals surface area contributed by atoms with Crippen molar-refractivity contribution in [2.75, 3.05) is 54.7 Å². The number of rotatable bonds is 5. The second kappa shape index (κ2) is 6.35. The Bertz CT molecular complexity index is 421. The zero-order valence-electron chi connectivity index (χ0n) is 13.1. The first-order valence-electron chi connectivity index (χ1n) is 6.84. The SMILES string of the molecule is COC(=O)C(C(C(=O)OC)P12(OCCO1)OCCO2)N(C)C. The van der Waals surface area contributed by atoms with Gasteiger partial charge in [-0.2, -0.15) is 0 Å². The summed E-state index contributed by atoms with van der Waals surface area (Å²) in [6.45, 7) is 0.860. The Labute approximate surface area is 129 Å². The standard InChI is InChI=1S/C12H22NO8P/c1-13(2)9(11(14)16-3)10(12(15)17-4)22(18-5-6-19-22)20-7-8-21-22/h9-10H,5-8H2,1-4H3. The molecule has 2 heterocycles. The van der Waals surface area contributed by atoms with Crippen LogP contribution in [0.25, 0.3) is 0 Å². The summed E-state index contributed by atoms with van der Waals surface area (Å²) in [5, 5.41) is 0. The Hall–Kier alpha value is -0.830. The van der Waals surface area contributed by atoms with Crippen LogP contribution in [0.5, 0.6) is 0 Å². The molecule has 9 nitrogen and oxygen atoms in total. The molecule has 0 aromatic carbocycles. The molecule has 2 aliphatic heterocycles. The van der Waals surface area contributed by atoms with Crippen molar-refractivity contribution in [1.29, 1.82) is 0 Å². The molecule has 2 rings (SSSR count). The summed E-state index contributed by atoms with van der Waals surface area (Å²) >= 11 is 0. The van der Waals surface area contributed by atoms with E-state index in [-0.39, 0.29) is 26.4 Å². The van der Waals surface area contributed by atoms with Crippen LogP contribution in [0.2, 0.25) is 0 Å². The molecule has 1 spiro atoms. The molecule has 2 aliphatic rings. The topological polar surface area (TPSA) is 92.8 Å². The third kappa shape index (κ3) is 2.62. The van der Waals surface area contributed by atoms with E-state index in [0.717, 1.165) is 0 Å². The van der Waals surface area contributed by atoms with E-state index in [1.165, 1.54) is 19.1 Å².